The van der Waals surface area contributed by atoms with Gasteiger partial charge in [-0.3, -0.25) is 4.79 Å². The Kier molecular flexibility index (Phi) is 4.69. The highest BCUT2D eigenvalue weighted by atomic mass is 32.2. The van der Waals surface area contributed by atoms with E-state index in [2.05, 4.69) is 14.8 Å². The minimum Gasteiger partial charge on any atom is -0.355 e. The SMILES string of the molecule is CC(C)NS(=O)(=O)NC1CCCCNC1=O. The molecule has 1 amide bonds. The number of carbonyl (C=O) groups is 1. The Morgan fingerprint density at radius 1 is 1.38 bits per heavy atom. The maximum absolute atomic E-state index is 11.6. The van der Waals surface area contributed by atoms with Gasteiger partial charge in [0.2, 0.25) is 5.91 Å². The Balaban J connectivity index is 2.60. The number of nitrogens with one attached hydrogen (secondary N) is 3. The molecule has 1 heterocycles. The zero-order chi connectivity index (χ0) is 12.2. The smallest absolute Gasteiger partial charge is 0.277 e. The molecule has 1 aliphatic rings. The second-order valence-electron chi connectivity index (χ2n) is 4.23. The van der Waals surface area contributed by atoms with Gasteiger partial charge in [-0.25, -0.2) is 0 Å². The summed E-state index contributed by atoms with van der Waals surface area (Å²) in [7, 11) is -3.59. The number of hydrogen-bond acceptors (Lipinski definition) is 3. The van der Waals surface area contributed by atoms with E-state index in [9.17, 15) is 13.2 Å². The van der Waals surface area contributed by atoms with E-state index in [-0.39, 0.29) is 11.9 Å². The molecule has 0 aromatic carbocycles. The molecule has 0 aliphatic carbocycles. The van der Waals surface area contributed by atoms with Crippen LogP contribution in [0.3, 0.4) is 0 Å². The highest BCUT2D eigenvalue weighted by Gasteiger charge is 2.25. The topological polar surface area (TPSA) is 87.3 Å². The molecule has 16 heavy (non-hydrogen) atoms. The molecule has 0 aromatic heterocycles. The first kappa shape index (κ1) is 13.4. The summed E-state index contributed by atoms with van der Waals surface area (Å²) in [6.07, 6.45) is 2.28. The van der Waals surface area contributed by atoms with Crippen LogP contribution in [0.5, 0.6) is 0 Å². The van der Waals surface area contributed by atoms with E-state index >= 15 is 0 Å². The van der Waals surface area contributed by atoms with E-state index in [0.29, 0.717) is 13.0 Å². The maximum atomic E-state index is 11.6. The highest BCUT2D eigenvalue weighted by Crippen LogP contribution is 2.06. The fourth-order valence-corrected chi connectivity index (χ4v) is 2.87. The fraction of sp³-hybridized carbons (Fsp3) is 0.889. The minimum absolute atomic E-state index is 0.189. The van der Waals surface area contributed by atoms with Crippen molar-refractivity contribution in [3.05, 3.63) is 0 Å². The average Bonchev–Trinajstić information content (AvgIpc) is 2.29. The molecule has 0 spiro atoms. The molecule has 3 N–H and O–H groups in total. The van der Waals surface area contributed by atoms with Gasteiger partial charge in [0.1, 0.15) is 6.04 Å². The normalized spacial score (nSPS) is 22.9. The molecule has 0 bridgehead atoms. The van der Waals surface area contributed by atoms with E-state index in [1.807, 2.05) is 0 Å². The maximum Gasteiger partial charge on any atom is 0.277 e. The molecule has 1 unspecified atom stereocenters. The Hall–Kier alpha value is -0.660. The van der Waals surface area contributed by atoms with Crippen molar-refractivity contribution < 1.29 is 13.2 Å². The van der Waals surface area contributed by atoms with Crippen molar-refractivity contribution in [1.82, 2.24) is 14.8 Å². The first-order valence-corrected chi connectivity index (χ1v) is 6.96. The zero-order valence-electron chi connectivity index (χ0n) is 9.62. The van der Waals surface area contributed by atoms with Crippen molar-refractivity contribution in [2.45, 2.75) is 45.2 Å². The first-order chi connectivity index (χ1) is 7.41. The van der Waals surface area contributed by atoms with E-state index in [1.54, 1.807) is 13.8 Å². The largest absolute Gasteiger partial charge is 0.355 e. The third-order valence-electron chi connectivity index (χ3n) is 2.22. The van der Waals surface area contributed by atoms with Crippen molar-refractivity contribution in [2.75, 3.05) is 6.54 Å². The summed E-state index contributed by atoms with van der Waals surface area (Å²) < 4.78 is 27.9. The van der Waals surface area contributed by atoms with Crippen molar-refractivity contribution in [3.8, 4) is 0 Å². The van der Waals surface area contributed by atoms with Crippen molar-refractivity contribution >= 4 is 16.1 Å². The lowest BCUT2D eigenvalue weighted by Crippen LogP contribution is -2.50. The lowest BCUT2D eigenvalue weighted by atomic mass is 10.1. The average molecular weight is 249 g/mol. The molecular weight excluding hydrogens is 230 g/mol. The quantitative estimate of drug-likeness (QED) is 0.627. The van der Waals surface area contributed by atoms with Crippen LogP contribution in [0.4, 0.5) is 0 Å². The fourth-order valence-electron chi connectivity index (χ4n) is 1.58. The zero-order valence-corrected chi connectivity index (χ0v) is 10.4. The Morgan fingerprint density at radius 3 is 2.69 bits per heavy atom. The molecule has 1 rings (SSSR count). The number of hydrogen-bond donors (Lipinski definition) is 3. The second-order valence-corrected chi connectivity index (χ2v) is 5.71. The van der Waals surface area contributed by atoms with Gasteiger partial charge in [0.05, 0.1) is 0 Å². The van der Waals surface area contributed by atoms with E-state index in [1.165, 1.54) is 0 Å². The van der Waals surface area contributed by atoms with Crippen LogP contribution < -0.4 is 14.8 Å². The standard InChI is InChI=1S/C9H19N3O3S/c1-7(2)11-16(14,15)12-8-5-3-4-6-10-9(8)13/h7-8,11-12H,3-6H2,1-2H3,(H,10,13). The molecule has 1 fully saturated rings. The lowest BCUT2D eigenvalue weighted by molar-refractivity contribution is -0.122. The minimum atomic E-state index is -3.59. The summed E-state index contributed by atoms with van der Waals surface area (Å²) in [6, 6.07) is -0.843. The van der Waals surface area contributed by atoms with Crippen LogP contribution in [0, 0.1) is 0 Å². The van der Waals surface area contributed by atoms with E-state index < -0.39 is 16.3 Å². The predicted octanol–water partition coefficient (Wildman–Crippen LogP) is -0.512. The monoisotopic (exact) mass is 249 g/mol. The first-order valence-electron chi connectivity index (χ1n) is 5.48. The molecule has 7 heteroatoms. The van der Waals surface area contributed by atoms with Crippen LogP contribution >= 0.6 is 0 Å². The van der Waals surface area contributed by atoms with Gasteiger partial charge < -0.3 is 5.32 Å². The van der Waals surface area contributed by atoms with Crippen molar-refractivity contribution in [1.29, 1.82) is 0 Å². The summed E-state index contributed by atoms with van der Waals surface area (Å²) in [6.45, 7) is 4.08. The van der Waals surface area contributed by atoms with Gasteiger partial charge in [0.15, 0.2) is 0 Å². The second kappa shape index (κ2) is 5.60. The van der Waals surface area contributed by atoms with Crippen LogP contribution in [-0.4, -0.2) is 33.0 Å². The summed E-state index contributed by atoms with van der Waals surface area (Å²) in [4.78, 5) is 11.5. The lowest BCUT2D eigenvalue weighted by Gasteiger charge is -2.17. The Morgan fingerprint density at radius 2 is 2.06 bits per heavy atom. The van der Waals surface area contributed by atoms with E-state index in [0.717, 1.165) is 12.8 Å². The summed E-state index contributed by atoms with van der Waals surface area (Å²) in [5.41, 5.74) is 0. The van der Waals surface area contributed by atoms with Crippen LogP contribution in [0.2, 0.25) is 0 Å². The Bertz CT molecular complexity index is 340. The van der Waals surface area contributed by atoms with Crippen LogP contribution in [0.15, 0.2) is 0 Å². The molecule has 1 aliphatic heterocycles. The molecule has 6 nitrogen and oxygen atoms in total. The van der Waals surface area contributed by atoms with Gasteiger partial charge in [0, 0.05) is 12.6 Å². The van der Waals surface area contributed by atoms with Crippen molar-refractivity contribution in [2.24, 2.45) is 0 Å². The van der Waals surface area contributed by atoms with Gasteiger partial charge in [0.25, 0.3) is 10.2 Å². The third kappa shape index (κ3) is 4.46. The summed E-state index contributed by atoms with van der Waals surface area (Å²) in [5.74, 6) is -0.244. The van der Waals surface area contributed by atoms with E-state index in [4.69, 9.17) is 0 Å². The molecule has 1 atom stereocenters. The van der Waals surface area contributed by atoms with Gasteiger partial charge in [-0.1, -0.05) is 0 Å². The van der Waals surface area contributed by atoms with Crippen LogP contribution in [0.1, 0.15) is 33.1 Å². The molecular formula is C9H19N3O3S. The van der Waals surface area contributed by atoms with Gasteiger partial charge in [-0.05, 0) is 33.1 Å². The Labute approximate surface area is 96.4 Å². The summed E-state index contributed by atoms with van der Waals surface area (Å²) in [5, 5.41) is 2.68. The molecule has 0 saturated carbocycles. The summed E-state index contributed by atoms with van der Waals surface area (Å²) >= 11 is 0. The molecule has 1 saturated heterocycles. The molecule has 0 radical (unpaired) electrons. The molecule has 94 valence electrons. The van der Waals surface area contributed by atoms with Gasteiger partial charge in [-0.2, -0.15) is 17.9 Å². The molecule has 0 aromatic rings. The van der Waals surface area contributed by atoms with Crippen LogP contribution in [0.25, 0.3) is 0 Å². The predicted molar refractivity (Wildman–Crippen MR) is 61.0 cm³/mol. The van der Waals surface area contributed by atoms with Crippen molar-refractivity contribution in [3.63, 3.8) is 0 Å². The number of rotatable bonds is 4. The van der Waals surface area contributed by atoms with Gasteiger partial charge >= 0.3 is 0 Å². The third-order valence-corrected chi connectivity index (χ3v) is 3.60. The number of carbonyl (C=O) groups excluding carboxylic acids is 1. The van der Waals surface area contributed by atoms with Crippen LogP contribution in [-0.2, 0) is 15.0 Å². The van der Waals surface area contributed by atoms with Gasteiger partial charge in [-0.15, -0.1) is 0 Å². The number of amides is 1. The highest BCUT2D eigenvalue weighted by molar-refractivity contribution is 7.87.